The summed E-state index contributed by atoms with van der Waals surface area (Å²) in [5.74, 6) is 0.441. The molecule has 0 saturated carbocycles. The van der Waals surface area contributed by atoms with Gasteiger partial charge >= 0.3 is 0 Å². The zero-order valence-electron chi connectivity index (χ0n) is 7.22. The fraction of sp³-hybridized carbons (Fsp3) is 0.857. The van der Waals surface area contributed by atoms with Crippen LogP contribution in [0.25, 0.3) is 0 Å². The summed E-state index contributed by atoms with van der Waals surface area (Å²) in [5.41, 5.74) is 0. The fourth-order valence-corrected chi connectivity index (χ4v) is 1.02. The van der Waals surface area contributed by atoms with Crippen LogP contribution in [0.1, 0.15) is 13.8 Å². The lowest BCUT2D eigenvalue weighted by molar-refractivity contribution is -0.118. The van der Waals surface area contributed by atoms with Crippen LogP contribution in [0.5, 0.6) is 0 Å². The molecule has 0 aromatic rings. The Balaban J connectivity index is 3.46. The van der Waals surface area contributed by atoms with E-state index in [9.17, 15) is 9.00 Å². The minimum atomic E-state index is -1.02. The highest BCUT2D eigenvalue weighted by Crippen LogP contribution is 1.86. The highest BCUT2D eigenvalue weighted by molar-refractivity contribution is 7.85. The van der Waals surface area contributed by atoms with Gasteiger partial charge in [0.15, 0.2) is 0 Å². The van der Waals surface area contributed by atoms with Crippen molar-refractivity contribution in [3.8, 4) is 0 Å². The van der Waals surface area contributed by atoms with Gasteiger partial charge in [0.05, 0.1) is 0 Å². The van der Waals surface area contributed by atoms with Crippen molar-refractivity contribution in [2.45, 2.75) is 13.8 Å². The largest absolute Gasteiger partial charge is 0.355 e. The first kappa shape index (κ1) is 10.6. The van der Waals surface area contributed by atoms with Gasteiger partial charge in [0.2, 0.25) is 5.91 Å². The maximum atomic E-state index is 10.9. The summed E-state index contributed by atoms with van der Waals surface area (Å²) in [6, 6.07) is 0. The standard InChI is InChI=1S/C7H15NO2S/c1-6(2)4-8-7(9)5-11(3)10/h6H,4-5H2,1-3H3,(H,8,9). The lowest BCUT2D eigenvalue weighted by atomic mass is 10.2. The SMILES string of the molecule is CC(C)CNC(=O)CS(C)=O. The molecule has 0 aromatic heterocycles. The Bertz CT molecular complexity index is 157. The van der Waals surface area contributed by atoms with Crippen molar-refractivity contribution < 1.29 is 9.00 Å². The second-order valence-electron chi connectivity index (χ2n) is 2.92. The van der Waals surface area contributed by atoms with E-state index in [1.165, 1.54) is 6.26 Å². The first-order valence-electron chi connectivity index (χ1n) is 3.59. The second kappa shape index (κ2) is 5.29. The van der Waals surface area contributed by atoms with Crippen LogP contribution in [0.2, 0.25) is 0 Å². The van der Waals surface area contributed by atoms with Crippen molar-refractivity contribution in [3.05, 3.63) is 0 Å². The number of hydrogen-bond donors (Lipinski definition) is 1. The average molecular weight is 177 g/mol. The van der Waals surface area contributed by atoms with Gasteiger partial charge in [-0.25, -0.2) is 0 Å². The highest BCUT2D eigenvalue weighted by atomic mass is 32.2. The van der Waals surface area contributed by atoms with Crippen LogP contribution in [0.15, 0.2) is 0 Å². The van der Waals surface area contributed by atoms with E-state index >= 15 is 0 Å². The third-order valence-electron chi connectivity index (χ3n) is 1.04. The van der Waals surface area contributed by atoms with Gasteiger partial charge in [-0.1, -0.05) is 13.8 Å². The summed E-state index contributed by atoms with van der Waals surface area (Å²) < 4.78 is 10.5. The van der Waals surface area contributed by atoms with Crippen LogP contribution < -0.4 is 5.32 Å². The highest BCUT2D eigenvalue weighted by Gasteiger charge is 2.03. The monoisotopic (exact) mass is 177 g/mol. The number of amides is 1. The second-order valence-corrected chi connectivity index (χ2v) is 4.35. The zero-order valence-corrected chi connectivity index (χ0v) is 8.03. The molecule has 0 fully saturated rings. The van der Waals surface area contributed by atoms with Crippen LogP contribution >= 0.6 is 0 Å². The molecule has 0 aliphatic rings. The van der Waals surface area contributed by atoms with E-state index in [1.54, 1.807) is 0 Å². The third kappa shape index (κ3) is 7.52. The molecule has 0 radical (unpaired) electrons. The minimum Gasteiger partial charge on any atom is -0.355 e. The van der Waals surface area contributed by atoms with Gasteiger partial charge in [-0.05, 0) is 5.92 Å². The summed E-state index contributed by atoms with van der Waals surface area (Å²) in [7, 11) is -1.02. The summed E-state index contributed by atoms with van der Waals surface area (Å²) >= 11 is 0. The maximum Gasteiger partial charge on any atom is 0.232 e. The van der Waals surface area contributed by atoms with E-state index in [1.807, 2.05) is 13.8 Å². The Hall–Kier alpha value is -0.380. The molecule has 1 N–H and O–H groups in total. The molecule has 1 unspecified atom stereocenters. The molecule has 0 heterocycles. The predicted octanol–water partition coefficient (Wildman–Crippen LogP) is 0.137. The summed E-state index contributed by atoms with van der Waals surface area (Å²) in [6.07, 6.45) is 1.52. The van der Waals surface area contributed by atoms with Crippen LogP contribution in [0, 0.1) is 5.92 Å². The van der Waals surface area contributed by atoms with Crippen molar-refractivity contribution in [1.82, 2.24) is 5.32 Å². The average Bonchev–Trinajstić information content (AvgIpc) is 1.82. The summed E-state index contributed by atoms with van der Waals surface area (Å²) in [4.78, 5) is 10.9. The fourth-order valence-electron chi connectivity index (χ4n) is 0.554. The molecule has 66 valence electrons. The third-order valence-corrected chi connectivity index (χ3v) is 1.71. The first-order chi connectivity index (χ1) is 5.02. The molecular formula is C7H15NO2S. The van der Waals surface area contributed by atoms with Crippen molar-refractivity contribution in [2.75, 3.05) is 18.6 Å². The molecule has 0 aliphatic heterocycles. The smallest absolute Gasteiger partial charge is 0.232 e. The normalized spacial score (nSPS) is 13.1. The lowest BCUT2D eigenvalue weighted by Gasteiger charge is -2.05. The quantitative estimate of drug-likeness (QED) is 0.664. The number of rotatable bonds is 4. The van der Waals surface area contributed by atoms with Crippen LogP contribution in [0.3, 0.4) is 0 Å². The zero-order chi connectivity index (χ0) is 8.85. The minimum absolute atomic E-state index is 0.118. The molecule has 0 aliphatic carbocycles. The lowest BCUT2D eigenvalue weighted by Crippen LogP contribution is -2.30. The summed E-state index contributed by atoms with van der Waals surface area (Å²) in [5, 5.41) is 2.68. The van der Waals surface area contributed by atoms with Crippen molar-refractivity contribution in [3.63, 3.8) is 0 Å². The van der Waals surface area contributed by atoms with E-state index in [4.69, 9.17) is 0 Å². The van der Waals surface area contributed by atoms with E-state index in [-0.39, 0.29) is 11.7 Å². The topological polar surface area (TPSA) is 46.2 Å². The first-order valence-corrected chi connectivity index (χ1v) is 5.31. The van der Waals surface area contributed by atoms with Crippen LogP contribution in [-0.2, 0) is 15.6 Å². The molecule has 11 heavy (non-hydrogen) atoms. The number of carbonyl (C=O) groups excluding carboxylic acids is 1. The van der Waals surface area contributed by atoms with Gasteiger partial charge in [0.1, 0.15) is 5.75 Å². The Morgan fingerprint density at radius 2 is 2.09 bits per heavy atom. The Morgan fingerprint density at radius 1 is 1.55 bits per heavy atom. The van der Waals surface area contributed by atoms with E-state index < -0.39 is 10.8 Å². The molecule has 1 atom stereocenters. The van der Waals surface area contributed by atoms with Crippen molar-refractivity contribution in [2.24, 2.45) is 5.92 Å². The molecule has 0 bridgehead atoms. The molecule has 0 spiro atoms. The van der Waals surface area contributed by atoms with Gasteiger partial charge in [-0.15, -0.1) is 0 Å². The maximum absolute atomic E-state index is 10.9. The van der Waals surface area contributed by atoms with Crippen LogP contribution in [0.4, 0.5) is 0 Å². The van der Waals surface area contributed by atoms with E-state index in [0.29, 0.717) is 12.5 Å². The van der Waals surface area contributed by atoms with E-state index in [0.717, 1.165) is 0 Å². The van der Waals surface area contributed by atoms with Crippen molar-refractivity contribution >= 4 is 16.7 Å². The molecule has 4 heteroatoms. The van der Waals surface area contributed by atoms with Gasteiger partial charge in [0.25, 0.3) is 0 Å². The van der Waals surface area contributed by atoms with E-state index in [2.05, 4.69) is 5.32 Å². The van der Waals surface area contributed by atoms with Gasteiger partial charge < -0.3 is 5.32 Å². The van der Waals surface area contributed by atoms with Gasteiger partial charge in [0, 0.05) is 23.6 Å². The van der Waals surface area contributed by atoms with Gasteiger partial charge in [-0.2, -0.15) is 0 Å². The number of hydrogen-bond acceptors (Lipinski definition) is 2. The van der Waals surface area contributed by atoms with Gasteiger partial charge in [-0.3, -0.25) is 9.00 Å². The number of carbonyl (C=O) groups is 1. The Kier molecular flexibility index (Phi) is 5.11. The molecule has 0 saturated heterocycles. The molecular weight excluding hydrogens is 162 g/mol. The Labute approximate surface area is 70.0 Å². The summed E-state index contributed by atoms with van der Waals surface area (Å²) in [6.45, 7) is 4.70. The number of nitrogens with one attached hydrogen (secondary N) is 1. The van der Waals surface area contributed by atoms with Crippen LogP contribution in [-0.4, -0.2) is 28.7 Å². The Morgan fingerprint density at radius 3 is 2.45 bits per heavy atom. The molecule has 0 aromatic carbocycles. The molecule has 3 nitrogen and oxygen atoms in total. The molecule has 0 rings (SSSR count). The predicted molar refractivity (Wildman–Crippen MR) is 46.8 cm³/mol. The molecule has 1 amide bonds. The van der Waals surface area contributed by atoms with Crippen molar-refractivity contribution in [1.29, 1.82) is 0 Å².